The van der Waals surface area contributed by atoms with Crippen molar-refractivity contribution in [3.8, 4) is 0 Å². The summed E-state index contributed by atoms with van der Waals surface area (Å²) in [5.41, 5.74) is -0.664. The van der Waals surface area contributed by atoms with Gasteiger partial charge in [-0.3, -0.25) is 4.79 Å². The van der Waals surface area contributed by atoms with Crippen LogP contribution in [0.15, 0.2) is 0 Å². The molecule has 0 fully saturated rings. The molecule has 0 spiro atoms. The first-order valence-electron chi connectivity index (χ1n) is 6.08. The molecular weight excluding hydrogens is 206 g/mol. The van der Waals surface area contributed by atoms with E-state index in [1.54, 1.807) is 6.92 Å². The number of hydrogen-bond acceptors (Lipinski definition) is 4. The van der Waals surface area contributed by atoms with E-state index < -0.39 is 5.60 Å². The third-order valence-electron chi connectivity index (χ3n) is 2.87. The lowest BCUT2D eigenvalue weighted by Gasteiger charge is -2.27. The van der Waals surface area contributed by atoms with Gasteiger partial charge in [-0.15, -0.1) is 0 Å². The Morgan fingerprint density at radius 2 is 1.94 bits per heavy atom. The van der Waals surface area contributed by atoms with Crippen molar-refractivity contribution in [3.63, 3.8) is 0 Å². The number of rotatable bonds is 8. The zero-order valence-electron chi connectivity index (χ0n) is 10.9. The second-order valence-electron chi connectivity index (χ2n) is 4.22. The number of ether oxygens (including phenoxy) is 1. The predicted molar refractivity (Wildman–Crippen MR) is 64.2 cm³/mol. The molecule has 0 radical (unpaired) electrons. The Morgan fingerprint density at radius 3 is 2.38 bits per heavy atom. The van der Waals surface area contributed by atoms with Gasteiger partial charge in [0.2, 0.25) is 0 Å². The smallest absolute Gasteiger partial charge is 0.307 e. The van der Waals surface area contributed by atoms with Gasteiger partial charge < -0.3 is 15.2 Å². The lowest BCUT2D eigenvalue weighted by molar-refractivity contribution is -0.143. The Morgan fingerprint density at radius 1 is 1.38 bits per heavy atom. The van der Waals surface area contributed by atoms with Crippen LogP contribution in [0.5, 0.6) is 0 Å². The van der Waals surface area contributed by atoms with Gasteiger partial charge in [-0.25, -0.2) is 0 Å². The van der Waals surface area contributed by atoms with Crippen LogP contribution in [0, 0.1) is 0 Å². The summed E-state index contributed by atoms with van der Waals surface area (Å²) in [4.78, 5) is 11.2. The molecule has 0 bridgehead atoms. The maximum Gasteiger partial charge on any atom is 0.307 e. The molecule has 0 aliphatic rings. The highest BCUT2D eigenvalue weighted by atomic mass is 16.5. The molecule has 0 amide bonds. The molecule has 2 N–H and O–H groups in total. The van der Waals surface area contributed by atoms with Crippen LogP contribution in [0.2, 0.25) is 0 Å². The minimum Gasteiger partial charge on any atom is -0.466 e. The number of hydrogen-bond donors (Lipinski definition) is 2. The largest absolute Gasteiger partial charge is 0.466 e. The van der Waals surface area contributed by atoms with Crippen molar-refractivity contribution in [2.75, 3.05) is 13.2 Å². The van der Waals surface area contributed by atoms with Crippen LogP contribution in [0.3, 0.4) is 0 Å². The van der Waals surface area contributed by atoms with Gasteiger partial charge in [0.25, 0.3) is 0 Å². The van der Waals surface area contributed by atoms with Crippen molar-refractivity contribution in [1.29, 1.82) is 0 Å². The molecule has 4 heteroatoms. The Hall–Kier alpha value is -0.610. The third-order valence-corrected chi connectivity index (χ3v) is 2.87. The van der Waals surface area contributed by atoms with Crippen molar-refractivity contribution in [2.45, 2.75) is 58.6 Å². The molecule has 0 aliphatic carbocycles. The van der Waals surface area contributed by atoms with Gasteiger partial charge in [-0.2, -0.15) is 0 Å². The molecular formula is C12H25NO3. The Bertz CT molecular complexity index is 202. The van der Waals surface area contributed by atoms with Crippen LogP contribution in [0.4, 0.5) is 0 Å². The first-order chi connectivity index (χ1) is 7.47. The van der Waals surface area contributed by atoms with E-state index in [0.717, 1.165) is 0 Å². The van der Waals surface area contributed by atoms with Crippen LogP contribution in [0.1, 0.15) is 47.0 Å². The molecule has 16 heavy (non-hydrogen) atoms. The number of esters is 1. The van der Waals surface area contributed by atoms with E-state index in [1.807, 2.05) is 20.8 Å². The van der Waals surface area contributed by atoms with Crippen LogP contribution in [-0.2, 0) is 9.53 Å². The summed E-state index contributed by atoms with van der Waals surface area (Å²) in [5.74, 6) is -0.195. The quantitative estimate of drug-likeness (QED) is 0.621. The van der Waals surface area contributed by atoms with Gasteiger partial charge in [0.15, 0.2) is 0 Å². The van der Waals surface area contributed by atoms with E-state index in [-0.39, 0.29) is 12.0 Å². The molecule has 0 rings (SSSR count). The fraction of sp³-hybridized carbons (Fsp3) is 0.917. The average Bonchev–Trinajstić information content (AvgIpc) is 2.26. The molecule has 0 aliphatic heterocycles. The second-order valence-corrected chi connectivity index (χ2v) is 4.22. The fourth-order valence-corrected chi connectivity index (χ4v) is 1.41. The minimum absolute atomic E-state index is 0.0312. The van der Waals surface area contributed by atoms with E-state index in [4.69, 9.17) is 4.74 Å². The first-order valence-corrected chi connectivity index (χ1v) is 6.08. The highest BCUT2D eigenvalue weighted by Gasteiger charge is 2.22. The van der Waals surface area contributed by atoms with Crippen molar-refractivity contribution in [1.82, 2.24) is 5.32 Å². The monoisotopic (exact) mass is 231 g/mol. The molecule has 0 saturated carbocycles. The van der Waals surface area contributed by atoms with E-state index in [0.29, 0.717) is 32.4 Å². The van der Waals surface area contributed by atoms with Gasteiger partial charge in [0.1, 0.15) is 0 Å². The molecule has 1 atom stereocenters. The van der Waals surface area contributed by atoms with Gasteiger partial charge >= 0.3 is 5.97 Å². The third kappa shape index (κ3) is 6.08. The van der Waals surface area contributed by atoms with Crippen LogP contribution >= 0.6 is 0 Å². The van der Waals surface area contributed by atoms with E-state index in [9.17, 15) is 9.90 Å². The summed E-state index contributed by atoms with van der Waals surface area (Å²) in [7, 11) is 0. The molecule has 0 heterocycles. The molecule has 0 aromatic carbocycles. The lowest BCUT2D eigenvalue weighted by Crippen LogP contribution is -2.43. The number of carbonyl (C=O) groups is 1. The average molecular weight is 231 g/mol. The van der Waals surface area contributed by atoms with E-state index >= 15 is 0 Å². The summed E-state index contributed by atoms with van der Waals surface area (Å²) in [6, 6.07) is 0.0312. The topological polar surface area (TPSA) is 58.6 Å². The van der Waals surface area contributed by atoms with Gasteiger partial charge in [-0.05, 0) is 26.7 Å². The van der Waals surface area contributed by atoms with Crippen LogP contribution in [-0.4, -0.2) is 35.9 Å². The highest BCUT2D eigenvalue weighted by molar-refractivity contribution is 5.69. The second kappa shape index (κ2) is 7.63. The van der Waals surface area contributed by atoms with Crippen LogP contribution in [0.25, 0.3) is 0 Å². The zero-order valence-corrected chi connectivity index (χ0v) is 10.9. The Kier molecular flexibility index (Phi) is 7.34. The first kappa shape index (κ1) is 15.4. The van der Waals surface area contributed by atoms with Crippen molar-refractivity contribution in [3.05, 3.63) is 0 Å². The SMILES string of the molecule is CCOC(=O)CC(C)NCC(O)(CC)CC. The summed E-state index contributed by atoms with van der Waals surface area (Å²) < 4.78 is 4.86. The lowest BCUT2D eigenvalue weighted by atomic mass is 9.97. The summed E-state index contributed by atoms with van der Waals surface area (Å²) in [5, 5.41) is 13.2. The normalized spacial score (nSPS) is 13.6. The van der Waals surface area contributed by atoms with Gasteiger partial charge in [0.05, 0.1) is 18.6 Å². The standard InChI is InChI=1S/C12H25NO3/c1-5-12(15,6-2)9-13-10(4)8-11(14)16-7-3/h10,13,15H,5-9H2,1-4H3. The Balaban J connectivity index is 3.88. The summed E-state index contributed by atoms with van der Waals surface area (Å²) >= 11 is 0. The van der Waals surface area contributed by atoms with Crippen molar-refractivity contribution >= 4 is 5.97 Å². The number of carbonyl (C=O) groups excluding carboxylic acids is 1. The van der Waals surface area contributed by atoms with Crippen molar-refractivity contribution in [2.24, 2.45) is 0 Å². The fourth-order valence-electron chi connectivity index (χ4n) is 1.41. The molecule has 0 aromatic rings. The summed E-state index contributed by atoms with van der Waals surface area (Å²) in [6.07, 6.45) is 1.77. The molecule has 96 valence electrons. The highest BCUT2D eigenvalue weighted by Crippen LogP contribution is 2.13. The predicted octanol–water partition coefficient (Wildman–Crippen LogP) is 1.47. The maximum absolute atomic E-state index is 11.2. The van der Waals surface area contributed by atoms with E-state index in [2.05, 4.69) is 5.32 Å². The van der Waals surface area contributed by atoms with Crippen LogP contribution < -0.4 is 5.32 Å². The number of nitrogens with one attached hydrogen (secondary N) is 1. The number of aliphatic hydroxyl groups is 1. The van der Waals surface area contributed by atoms with Gasteiger partial charge in [-0.1, -0.05) is 13.8 Å². The molecule has 1 unspecified atom stereocenters. The minimum atomic E-state index is -0.664. The molecule has 0 saturated heterocycles. The zero-order chi connectivity index (χ0) is 12.6. The Labute approximate surface area is 98.4 Å². The van der Waals surface area contributed by atoms with Crippen molar-refractivity contribution < 1.29 is 14.6 Å². The van der Waals surface area contributed by atoms with E-state index in [1.165, 1.54) is 0 Å². The molecule has 0 aromatic heterocycles. The van der Waals surface area contributed by atoms with Gasteiger partial charge in [0, 0.05) is 12.6 Å². The maximum atomic E-state index is 11.2. The summed E-state index contributed by atoms with van der Waals surface area (Å²) in [6.45, 7) is 8.56. The molecule has 4 nitrogen and oxygen atoms in total.